The first-order valence-electron chi connectivity index (χ1n) is 9.56. The highest BCUT2D eigenvalue weighted by Crippen LogP contribution is 2.28. The third kappa shape index (κ3) is 6.34. The molecule has 0 radical (unpaired) electrons. The number of amides is 2. The number of rotatable bonds is 8. The third-order valence-electron chi connectivity index (χ3n) is 4.17. The lowest BCUT2D eigenvalue weighted by atomic mass is 10.1. The van der Waals surface area contributed by atoms with E-state index in [2.05, 4.69) is 15.8 Å². The number of ether oxygens (including phenoxy) is 2. The summed E-state index contributed by atoms with van der Waals surface area (Å²) in [6.45, 7) is 8.83. The number of carbonyl (C=O) groups excluding carboxylic acids is 2. The smallest absolute Gasteiger partial charge is 0.329 e. The van der Waals surface area contributed by atoms with Crippen molar-refractivity contribution >= 4 is 23.7 Å². The molecule has 0 atom stereocenters. The van der Waals surface area contributed by atoms with Gasteiger partial charge in [-0.25, -0.2) is 5.43 Å². The van der Waals surface area contributed by atoms with Crippen LogP contribution >= 0.6 is 0 Å². The standard InChI is InChI=1S/C22H27N3O4/c1-5-12-29-19-11-10-17(13-20(19)28-6-2)14-23-25-22(27)21(26)24-18-9-7-8-15(3)16(18)4/h7-11,13-14H,5-6,12H2,1-4H3,(H,24,26)(H,25,27)/b23-14-. The minimum Gasteiger partial charge on any atom is -0.490 e. The highest BCUT2D eigenvalue weighted by molar-refractivity contribution is 6.39. The summed E-state index contributed by atoms with van der Waals surface area (Å²) in [6, 6.07) is 10.8. The SMILES string of the molecule is CCCOc1ccc(/C=N\NC(=O)C(=O)Nc2cccc(C)c2C)cc1OCC. The van der Waals surface area contributed by atoms with Crippen molar-refractivity contribution in [3.8, 4) is 11.5 Å². The molecule has 0 aliphatic rings. The molecular weight excluding hydrogens is 370 g/mol. The number of nitrogens with zero attached hydrogens (tertiary/aromatic N) is 1. The second-order valence-electron chi connectivity index (χ2n) is 6.39. The number of hydrogen-bond donors (Lipinski definition) is 2. The zero-order valence-electron chi connectivity index (χ0n) is 17.2. The van der Waals surface area contributed by atoms with Crippen LogP contribution in [-0.4, -0.2) is 31.2 Å². The first-order chi connectivity index (χ1) is 14.0. The Labute approximate surface area is 171 Å². The Morgan fingerprint density at radius 3 is 2.55 bits per heavy atom. The maximum absolute atomic E-state index is 12.1. The molecule has 0 aliphatic heterocycles. The molecule has 0 fully saturated rings. The molecule has 2 amide bonds. The Morgan fingerprint density at radius 2 is 1.83 bits per heavy atom. The van der Waals surface area contributed by atoms with E-state index in [1.165, 1.54) is 6.21 Å². The summed E-state index contributed by atoms with van der Waals surface area (Å²) in [7, 11) is 0. The monoisotopic (exact) mass is 397 g/mol. The Hall–Kier alpha value is -3.35. The summed E-state index contributed by atoms with van der Waals surface area (Å²) in [5, 5.41) is 6.45. The average molecular weight is 397 g/mol. The fourth-order valence-corrected chi connectivity index (χ4v) is 2.49. The Kier molecular flexibility index (Phi) is 8.21. The minimum absolute atomic E-state index is 0.498. The van der Waals surface area contributed by atoms with Gasteiger partial charge in [-0.1, -0.05) is 19.1 Å². The van der Waals surface area contributed by atoms with Crippen LogP contribution in [0.3, 0.4) is 0 Å². The minimum atomic E-state index is -0.852. The fraction of sp³-hybridized carbons (Fsp3) is 0.318. The molecule has 0 saturated carbocycles. The number of nitrogens with one attached hydrogen (secondary N) is 2. The number of aryl methyl sites for hydroxylation is 1. The first kappa shape index (κ1) is 21.9. The van der Waals surface area contributed by atoms with Crippen molar-refractivity contribution in [2.45, 2.75) is 34.1 Å². The molecule has 0 aromatic heterocycles. The molecule has 29 heavy (non-hydrogen) atoms. The summed E-state index contributed by atoms with van der Waals surface area (Å²) in [4.78, 5) is 24.1. The van der Waals surface area contributed by atoms with E-state index in [1.54, 1.807) is 24.3 Å². The summed E-state index contributed by atoms with van der Waals surface area (Å²) >= 11 is 0. The molecule has 7 heteroatoms. The van der Waals surface area contributed by atoms with Crippen molar-refractivity contribution in [1.29, 1.82) is 0 Å². The zero-order valence-corrected chi connectivity index (χ0v) is 17.2. The number of hydrazone groups is 1. The second-order valence-corrected chi connectivity index (χ2v) is 6.39. The van der Waals surface area contributed by atoms with E-state index in [0.717, 1.165) is 17.5 Å². The molecule has 0 saturated heterocycles. The van der Waals surface area contributed by atoms with Crippen LogP contribution in [0.5, 0.6) is 11.5 Å². The zero-order chi connectivity index (χ0) is 21.2. The lowest BCUT2D eigenvalue weighted by Gasteiger charge is -2.11. The van der Waals surface area contributed by atoms with Gasteiger partial charge in [-0.15, -0.1) is 0 Å². The van der Waals surface area contributed by atoms with Crippen molar-refractivity contribution in [2.24, 2.45) is 5.10 Å². The molecule has 0 aliphatic carbocycles. The predicted octanol–water partition coefficient (Wildman–Crippen LogP) is 3.58. The van der Waals surface area contributed by atoms with Crippen LogP contribution in [-0.2, 0) is 9.59 Å². The van der Waals surface area contributed by atoms with Crippen molar-refractivity contribution < 1.29 is 19.1 Å². The Morgan fingerprint density at radius 1 is 1.03 bits per heavy atom. The van der Waals surface area contributed by atoms with Gasteiger partial charge in [0, 0.05) is 5.69 Å². The molecule has 0 spiro atoms. The summed E-state index contributed by atoms with van der Waals surface area (Å²) < 4.78 is 11.2. The third-order valence-corrected chi connectivity index (χ3v) is 4.17. The van der Waals surface area contributed by atoms with Crippen molar-refractivity contribution in [3.63, 3.8) is 0 Å². The van der Waals surface area contributed by atoms with Crippen LogP contribution in [0, 0.1) is 13.8 Å². The van der Waals surface area contributed by atoms with E-state index in [1.807, 2.05) is 39.8 Å². The van der Waals surface area contributed by atoms with Gasteiger partial charge in [0.1, 0.15) is 0 Å². The van der Waals surface area contributed by atoms with Gasteiger partial charge in [0.05, 0.1) is 19.4 Å². The first-order valence-corrected chi connectivity index (χ1v) is 9.56. The maximum atomic E-state index is 12.1. The molecular formula is C22H27N3O4. The quantitative estimate of drug-likeness (QED) is 0.405. The Bertz CT molecular complexity index is 894. The van der Waals surface area contributed by atoms with E-state index in [-0.39, 0.29) is 0 Å². The lowest BCUT2D eigenvalue weighted by Crippen LogP contribution is -2.32. The topological polar surface area (TPSA) is 89.0 Å². The largest absolute Gasteiger partial charge is 0.490 e. The number of carbonyl (C=O) groups is 2. The highest BCUT2D eigenvalue weighted by atomic mass is 16.5. The van der Waals surface area contributed by atoms with Crippen LogP contribution < -0.4 is 20.2 Å². The molecule has 0 heterocycles. The predicted molar refractivity (Wildman–Crippen MR) is 114 cm³/mol. The summed E-state index contributed by atoms with van der Waals surface area (Å²) in [6.07, 6.45) is 2.33. The number of anilines is 1. The van der Waals surface area contributed by atoms with Crippen molar-refractivity contribution in [2.75, 3.05) is 18.5 Å². The molecule has 2 N–H and O–H groups in total. The lowest BCUT2D eigenvalue weighted by molar-refractivity contribution is -0.136. The van der Waals surface area contributed by atoms with Crippen molar-refractivity contribution in [1.82, 2.24) is 5.43 Å². The van der Waals surface area contributed by atoms with Crippen LogP contribution in [0.4, 0.5) is 5.69 Å². The van der Waals surface area contributed by atoms with E-state index in [4.69, 9.17) is 9.47 Å². The van der Waals surface area contributed by atoms with Crippen LogP contribution in [0.1, 0.15) is 37.0 Å². The fourth-order valence-electron chi connectivity index (χ4n) is 2.49. The van der Waals surface area contributed by atoms with Gasteiger partial charge >= 0.3 is 11.8 Å². The summed E-state index contributed by atoms with van der Waals surface area (Å²) in [5.74, 6) is -0.379. The van der Waals surface area contributed by atoms with Gasteiger partial charge in [0.25, 0.3) is 0 Å². The maximum Gasteiger partial charge on any atom is 0.329 e. The average Bonchev–Trinajstić information content (AvgIpc) is 2.71. The van der Waals surface area contributed by atoms with E-state index >= 15 is 0 Å². The molecule has 154 valence electrons. The molecule has 2 rings (SSSR count). The van der Waals surface area contributed by atoms with Gasteiger partial charge in [-0.05, 0) is 68.1 Å². The van der Waals surface area contributed by atoms with Crippen molar-refractivity contribution in [3.05, 3.63) is 53.1 Å². The second kappa shape index (κ2) is 10.8. The van der Waals surface area contributed by atoms with E-state index < -0.39 is 11.8 Å². The van der Waals surface area contributed by atoms with E-state index in [0.29, 0.717) is 36.0 Å². The van der Waals surface area contributed by atoms with Gasteiger partial charge in [-0.3, -0.25) is 9.59 Å². The molecule has 2 aromatic rings. The normalized spacial score (nSPS) is 10.6. The number of benzene rings is 2. The molecule has 0 bridgehead atoms. The molecule has 2 aromatic carbocycles. The summed E-state index contributed by atoms with van der Waals surface area (Å²) in [5.41, 5.74) is 5.46. The van der Waals surface area contributed by atoms with Crippen LogP contribution in [0.2, 0.25) is 0 Å². The number of hydrogen-bond acceptors (Lipinski definition) is 5. The van der Waals surface area contributed by atoms with Gasteiger partial charge in [0.2, 0.25) is 0 Å². The van der Waals surface area contributed by atoms with Crippen LogP contribution in [0.15, 0.2) is 41.5 Å². The van der Waals surface area contributed by atoms with Gasteiger partial charge in [0.15, 0.2) is 11.5 Å². The van der Waals surface area contributed by atoms with Gasteiger partial charge < -0.3 is 14.8 Å². The Balaban J connectivity index is 1.99. The molecule has 0 unspecified atom stereocenters. The van der Waals surface area contributed by atoms with E-state index in [9.17, 15) is 9.59 Å². The molecule has 7 nitrogen and oxygen atoms in total. The van der Waals surface area contributed by atoms with Gasteiger partial charge in [-0.2, -0.15) is 5.10 Å². The highest BCUT2D eigenvalue weighted by Gasteiger charge is 2.14. The van der Waals surface area contributed by atoms with Crippen LogP contribution in [0.25, 0.3) is 0 Å².